The first-order chi connectivity index (χ1) is 7.92. The Kier molecular flexibility index (Phi) is 4.00. The number of rotatable bonds is 2. The molecule has 0 N–H and O–H groups in total. The zero-order valence-electron chi connectivity index (χ0n) is 10.1. The highest BCUT2D eigenvalue weighted by Crippen LogP contribution is 2.12. The van der Waals surface area contributed by atoms with Crippen molar-refractivity contribution in [2.24, 2.45) is 0 Å². The van der Waals surface area contributed by atoms with E-state index in [0.717, 1.165) is 0 Å². The maximum Gasteiger partial charge on any atom is 0.349 e. The van der Waals surface area contributed by atoms with Crippen LogP contribution in [0.4, 0.5) is 0 Å². The smallest absolute Gasteiger partial charge is 0.349 e. The number of hydrogen-bond donors (Lipinski definition) is 0. The van der Waals surface area contributed by atoms with Crippen molar-refractivity contribution in [3.63, 3.8) is 0 Å². The van der Waals surface area contributed by atoms with Crippen molar-refractivity contribution >= 4 is 12.0 Å². The van der Waals surface area contributed by atoms with Crippen LogP contribution in [0.15, 0.2) is 30.0 Å². The van der Waals surface area contributed by atoms with Gasteiger partial charge in [0.1, 0.15) is 17.2 Å². The maximum absolute atomic E-state index is 11.7. The average molecular weight is 230 g/mol. The minimum Gasteiger partial charge on any atom is -0.456 e. The van der Waals surface area contributed by atoms with Crippen molar-refractivity contribution in [3.05, 3.63) is 35.7 Å². The Balaban J connectivity index is 2.90. The molecule has 88 valence electrons. The fourth-order valence-corrected chi connectivity index (χ4v) is 1.08. The monoisotopic (exact) mass is 230 g/mol. The number of hydrogen-bond acceptors (Lipinski definition) is 4. The van der Waals surface area contributed by atoms with Crippen LogP contribution in [0.2, 0.25) is 0 Å². The highest BCUT2D eigenvalue weighted by molar-refractivity contribution is 5.97. The lowest BCUT2D eigenvalue weighted by Gasteiger charge is -2.18. The van der Waals surface area contributed by atoms with Gasteiger partial charge >= 0.3 is 5.97 Å². The molecule has 0 aliphatic heterocycles. The molecule has 1 aromatic rings. The topological polar surface area (TPSA) is 63.0 Å². The predicted molar refractivity (Wildman–Crippen MR) is 63.7 cm³/mol. The lowest BCUT2D eigenvalue weighted by atomic mass is 10.1. The van der Waals surface area contributed by atoms with Crippen LogP contribution < -0.4 is 0 Å². The summed E-state index contributed by atoms with van der Waals surface area (Å²) >= 11 is 0. The summed E-state index contributed by atoms with van der Waals surface area (Å²) in [7, 11) is 0. The van der Waals surface area contributed by atoms with E-state index in [9.17, 15) is 4.79 Å². The molecule has 0 radical (unpaired) electrons. The number of ether oxygens (including phenoxy) is 1. The molecule has 0 fully saturated rings. The SMILES string of the molecule is CC(C)(C)OC(=O)/C(C#N)=C/c1ccccn1. The second-order valence-corrected chi connectivity index (χ2v) is 4.43. The number of carbonyl (C=O) groups is 1. The van der Waals surface area contributed by atoms with Gasteiger partial charge in [-0.1, -0.05) is 6.07 Å². The average Bonchev–Trinajstić information content (AvgIpc) is 2.24. The number of esters is 1. The Morgan fingerprint density at radius 2 is 2.18 bits per heavy atom. The van der Waals surface area contributed by atoms with E-state index in [1.54, 1.807) is 45.2 Å². The van der Waals surface area contributed by atoms with Gasteiger partial charge < -0.3 is 4.74 Å². The van der Waals surface area contributed by atoms with E-state index in [-0.39, 0.29) is 5.57 Å². The van der Waals surface area contributed by atoms with E-state index >= 15 is 0 Å². The standard InChI is InChI=1S/C13H14N2O2/c1-13(2,3)17-12(16)10(9-14)8-11-6-4-5-7-15-11/h4-8H,1-3H3/b10-8+. The van der Waals surface area contributed by atoms with Crippen molar-refractivity contribution in [1.82, 2.24) is 4.98 Å². The molecule has 0 amide bonds. The largest absolute Gasteiger partial charge is 0.456 e. The van der Waals surface area contributed by atoms with Gasteiger partial charge in [-0.3, -0.25) is 4.98 Å². The van der Waals surface area contributed by atoms with Gasteiger partial charge in [0.25, 0.3) is 0 Å². The number of nitriles is 1. The van der Waals surface area contributed by atoms with Crippen molar-refractivity contribution in [3.8, 4) is 6.07 Å². The molecule has 0 unspecified atom stereocenters. The van der Waals surface area contributed by atoms with Crippen LogP contribution in [0.3, 0.4) is 0 Å². The Labute approximate surface area is 101 Å². The third-order valence-corrected chi connectivity index (χ3v) is 1.72. The molecule has 1 heterocycles. The van der Waals surface area contributed by atoms with Gasteiger partial charge in [-0.05, 0) is 39.0 Å². The molecule has 17 heavy (non-hydrogen) atoms. The van der Waals surface area contributed by atoms with E-state index in [4.69, 9.17) is 10.00 Å². The second-order valence-electron chi connectivity index (χ2n) is 4.43. The van der Waals surface area contributed by atoms with Crippen LogP contribution in [-0.2, 0) is 9.53 Å². The van der Waals surface area contributed by atoms with E-state index in [0.29, 0.717) is 5.69 Å². The van der Waals surface area contributed by atoms with Gasteiger partial charge in [0.05, 0.1) is 5.69 Å². The molecule has 4 nitrogen and oxygen atoms in total. The first kappa shape index (κ1) is 12.9. The third kappa shape index (κ3) is 4.47. The predicted octanol–water partition coefficient (Wildman–Crippen LogP) is 2.33. The Bertz CT molecular complexity index is 464. The van der Waals surface area contributed by atoms with E-state index in [1.807, 2.05) is 6.07 Å². The van der Waals surface area contributed by atoms with E-state index in [2.05, 4.69) is 4.98 Å². The quantitative estimate of drug-likeness (QED) is 0.444. The van der Waals surface area contributed by atoms with Crippen LogP contribution in [0.1, 0.15) is 26.5 Å². The van der Waals surface area contributed by atoms with E-state index < -0.39 is 11.6 Å². The molecule has 0 atom stereocenters. The maximum atomic E-state index is 11.7. The molecule has 0 saturated carbocycles. The molecule has 0 aliphatic carbocycles. The third-order valence-electron chi connectivity index (χ3n) is 1.72. The van der Waals surface area contributed by atoms with Crippen LogP contribution in [0, 0.1) is 11.3 Å². The minimum atomic E-state index is -0.634. The van der Waals surface area contributed by atoms with Crippen molar-refractivity contribution in [2.75, 3.05) is 0 Å². The summed E-state index contributed by atoms with van der Waals surface area (Å²) in [6.45, 7) is 5.25. The molecule has 0 spiro atoms. The summed E-state index contributed by atoms with van der Waals surface area (Å²) in [4.78, 5) is 15.7. The van der Waals surface area contributed by atoms with Crippen molar-refractivity contribution in [1.29, 1.82) is 5.26 Å². The molecule has 0 bridgehead atoms. The number of aromatic nitrogens is 1. The first-order valence-corrected chi connectivity index (χ1v) is 5.18. The fraction of sp³-hybridized carbons (Fsp3) is 0.308. The minimum absolute atomic E-state index is 0.0568. The Hall–Kier alpha value is -2.15. The van der Waals surface area contributed by atoms with Crippen LogP contribution >= 0.6 is 0 Å². The highest BCUT2D eigenvalue weighted by Gasteiger charge is 2.19. The second kappa shape index (κ2) is 5.26. The summed E-state index contributed by atoms with van der Waals surface area (Å²) in [5.41, 5.74) is -0.120. The van der Waals surface area contributed by atoms with Crippen LogP contribution in [0.25, 0.3) is 6.08 Å². The van der Waals surface area contributed by atoms with Crippen molar-refractivity contribution in [2.45, 2.75) is 26.4 Å². The van der Waals surface area contributed by atoms with Gasteiger partial charge in [0, 0.05) is 6.20 Å². The number of nitrogens with zero attached hydrogens (tertiary/aromatic N) is 2. The molecule has 1 rings (SSSR count). The normalized spacial score (nSPS) is 11.8. The lowest BCUT2D eigenvalue weighted by Crippen LogP contribution is -2.24. The van der Waals surface area contributed by atoms with Gasteiger partial charge in [-0.2, -0.15) is 5.26 Å². The van der Waals surface area contributed by atoms with Gasteiger partial charge in [-0.25, -0.2) is 4.79 Å². The Morgan fingerprint density at radius 3 is 2.65 bits per heavy atom. The summed E-state index contributed by atoms with van der Waals surface area (Å²) in [6, 6.07) is 7.07. The number of carbonyl (C=O) groups excluding carboxylic acids is 1. The molecule has 0 aromatic carbocycles. The molecule has 0 saturated heterocycles. The van der Waals surface area contributed by atoms with Gasteiger partial charge in [-0.15, -0.1) is 0 Å². The first-order valence-electron chi connectivity index (χ1n) is 5.18. The summed E-state index contributed by atoms with van der Waals surface area (Å²) in [6.07, 6.45) is 3.00. The van der Waals surface area contributed by atoms with Gasteiger partial charge in [0.15, 0.2) is 0 Å². The number of pyridine rings is 1. The summed E-state index contributed by atoms with van der Waals surface area (Å²) in [5.74, 6) is -0.634. The molecule has 1 aromatic heterocycles. The molecular weight excluding hydrogens is 216 g/mol. The fourth-order valence-electron chi connectivity index (χ4n) is 1.08. The lowest BCUT2D eigenvalue weighted by molar-refractivity contribution is -0.149. The molecule has 4 heteroatoms. The Morgan fingerprint density at radius 1 is 1.47 bits per heavy atom. The van der Waals surface area contributed by atoms with Gasteiger partial charge in [0.2, 0.25) is 0 Å². The zero-order valence-corrected chi connectivity index (χ0v) is 10.1. The van der Waals surface area contributed by atoms with E-state index in [1.165, 1.54) is 6.08 Å². The molecular formula is C13H14N2O2. The molecule has 0 aliphatic rings. The zero-order chi connectivity index (χ0) is 12.9. The highest BCUT2D eigenvalue weighted by atomic mass is 16.6. The van der Waals surface area contributed by atoms with Crippen LogP contribution in [0.5, 0.6) is 0 Å². The van der Waals surface area contributed by atoms with Crippen LogP contribution in [-0.4, -0.2) is 16.6 Å². The summed E-state index contributed by atoms with van der Waals surface area (Å²) < 4.78 is 5.11. The summed E-state index contributed by atoms with van der Waals surface area (Å²) in [5, 5.41) is 8.91. The van der Waals surface area contributed by atoms with Crippen molar-refractivity contribution < 1.29 is 9.53 Å².